The maximum absolute atomic E-state index is 12.8. The van der Waals surface area contributed by atoms with Gasteiger partial charge in [0.2, 0.25) is 5.91 Å². The van der Waals surface area contributed by atoms with E-state index in [-0.39, 0.29) is 24.5 Å². The van der Waals surface area contributed by atoms with Crippen LogP contribution in [0.2, 0.25) is 0 Å². The number of nitrogens with zero attached hydrogens (tertiary/aromatic N) is 2. The highest BCUT2D eigenvalue weighted by Crippen LogP contribution is 2.37. The van der Waals surface area contributed by atoms with Crippen molar-refractivity contribution in [2.45, 2.75) is 39.3 Å². The summed E-state index contributed by atoms with van der Waals surface area (Å²) >= 11 is 1.39. The van der Waals surface area contributed by atoms with Gasteiger partial charge in [-0.05, 0) is 42.2 Å². The molecule has 1 aliphatic rings. The van der Waals surface area contributed by atoms with Crippen molar-refractivity contribution in [3.05, 3.63) is 93.5 Å². The fourth-order valence-electron chi connectivity index (χ4n) is 4.14. The first kappa shape index (κ1) is 23.7. The number of rotatable bonds is 8. The Hall–Kier alpha value is -3.45. The van der Waals surface area contributed by atoms with Crippen molar-refractivity contribution in [3.8, 4) is 5.75 Å². The number of carbonyl (C=O) groups excluding carboxylic acids is 2. The van der Waals surface area contributed by atoms with Gasteiger partial charge < -0.3 is 15.0 Å². The van der Waals surface area contributed by atoms with Gasteiger partial charge in [0, 0.05) is 24.9 Å². The predicted molar refractivity (Wildman–Crippen MR) is 134 cm³/mol. The van der Waals surface area contributed by atoms with E-state index in [0.717, 1.165) is 28.3 Å². The van der Waals surface area contributed by atoms with Crippen LogP contribution in [0.1, 0.15) is 57.1 Å². The molecular formula is C27H29N3O3S. The number of nitrogens with one attached hydrogen (secondary N) is 1. The van der Waals surface area contributed by atoms with Crippen LogP contribution in [0.5, 0.6) is 5.75 Å². The first-order chi connectivity index (χ1) is 16.5. The molecule has 7 heteroatoms. The summed E-state index contributed by atoms with van der Waals surface area (Å²) in [7, 11) is 0. The Morgan fingerprint density at radius 1 is 1.26 bits per heavy atom. The molecule has 6 nitrogen and oxygen atoms in total. The lowest BCUT2D eigenvalue weighted by Crippen LogP contribution is -2.40. The molecule has 1 N–H and O–H groups in total. The molecule has 4 rings (SSSR count). The Labute approximate surface area is 204 Å². The molecule has 2 aromatic carbocycles. The van der Waals surface area contributed by atoms with Gasteiger partial charge in [-0.1, -0.05) is 48.9 Å². The second-order valence-electron chi connectivity index (χ2n) is 8.28. The lowest BCUT2D eigenvalue weighted by molar-refractivity contribution is -0.132. The molecule has 2 amide bonds. The van der Waals surface area contributed by atoms with E-state index in [1.54, 1.807) is 11.5 Å². The summed E-state index contributed by atoms with van der Waals surface area (Å²) in [4.78, 5) is 31.2. The van der Waals surface area contributed by atoms with E-state index in [1.165, 1.54) is 22.5 Å². The molecule has 0 radical (unpaired) electrons. The molecule has 1 unspecified atom stereocenters. The first-order valence-electron chi connectivity index (χ1n) is 11.4. The van der Waals surface area contributed by atoms with E-state index in [9.17, 15) is 9.59 Å². The van der Waals surface area contributed by atoms with E-state index in [0.29, 0.717) is 25.2 Å². The van der Waals surface area contributed by atoms with Crippen LogP contribution in [-0.2, 0) is 17.8 Å². The van der Waals surface area contributed by atoms with Gasteiger partial charge in [-0.15, -0.1) is 17.9 Å². The van der Waals surface area contributed by atoms with Crippen molar-refractivity contribution in [1.29, 1.82) is 0 Å². The highest BCUT2D eigenvalue weighted by atomic mass is 32.1. The van der Waals surface area contributed by atoms with Gasteiger partial charge in [-0.25, -0.2) is 4.98 Å². The lowest BCUT2D eigenvalue weighted by Gasteiger charge is -2.38. The quantitative estimate of drug-likeness (QED) is 0.474. The number of thiazole rings is 1. The maximum Gasteiger partial charge on any atom is 0.271 e. The molecule has 176 valence electrons. The smallest absolute Gasteiger partial charge is 0.271 e. The second-order valence-corrected chi connectivity index (χ2v) is 9.22. The Balaban J connectivity index is 1.56. The third kappa shape index (κ3) is 5.20. The Bertz CT molecular complexity index is 1190. The molecule has 34 heavy (non-hydrogen) atoms. The number of carbonyl (C=O) groups is 2. The van der Waals surface area contributed by atoms with Gasteiger partial charge in [-0.2, -0.15) is 0 Å². The number of amides is 2. The van der Waals surface area contributed by atoms with Crippen molar-refractivity contribution in [3.63, 3.8) is 0 Å². The highest BCUT2D eigenvalue weighted by molar-refractivity contribution is 7.09. The predicted octanol–water partition coefficient (Wildman–Crippen LogP) is 4.83. The van der Waals surface area contributed by atoms with Gasteiger partial charge in [0.15, 0.2) is 0 Å². The fourth-order valence-corrected chi connectivity index (χ4v) is 4.83. The summed E-state index contributed by atoms with van der Waals surface area (Å²) in [6, 6.07) is 14.3. The summed E-state index contributed by atoms with van der Waals surface area (Å²) in [6.45, 7) is 8.94. The van der Waals surface area contributed by atoms with E-state index >= 15 is 0 Å². The number of benzene rings is 2. The molecule has 0 saturated heterocycles. The second kappa shape index (κ2) is 10.7. The zero-order valence-corrected chi connectivity index (χ0v) is 20.4. The summed E-state index contributed by atoms with van der Waals surface area (Å²) in [5.74, 6) is 0.639. The average Bonchev–Trinajstić information content (AvgIpc) is 3.34. The summed E-state index contributed by atoms with van der Waals surface area (Å²) in [5, 5.41) is 5.18. The Kier molecular flexibility index (Phi) is 7.43. The summed E-state index contributed by atoms with van der Waals surface area (Å²) < 4.78 is 6.05. The molecule has 1 aliphatic heterocycles. The normalized spacial score (nSPS) is 14.9. The number of fused-ring (bicyclic) bond motifs is 1. The standard InChI is InChI=1S/C27H29N3O3S/c1-4-13-28-27(32)23-17-34-24(29-23)16-33-21-11-10-19-12-14-30(25(31)5-2)26(22(19)15-21)20-8-6-18(3)7-9-20/h4,6-11,15,17,26H,1,5,12-14,16H2,2-3H3,(H,28,32). The third-order valence-electron chi connectivity index (χ3n) is 5.92. The van der Waals surface area contributed by atoms with Crippen LogP contribution >= 0.6 is 11.3 Å². The molecule has 2 heterocycles. The van der Waals surface area contributed by atoms with E-state index in [1.807, 2.05) is 24.0 Å². The van der Waals surface area contributed by atoms with E-state index in [2.05, 4.69) is 54.1 Å². The van der Waals surface area contributed by atoms with E-state index in [4.69, 9.17) is 4.74 Å². The van der Waals surface area contributed by atoms with Crippen LogP contribution in [0, 0.1) is 6.92 Å². The van der Waals surface area contributed by atoms with Crippen LogP contribution in [0.3, 0.4) is 0 Å². The number of hydrogen-bond donors (Lipinski definition) is 1. The van der Waals surface area contributed by atoms with Crippen LogP contribution in [0.4, 0.5) is 0 Å². The van der Waals surface area contributed by atoms with Crippen molar-refractivity contribution >= 4 is 23.2 Å². The molecule has 0 saturated carbocycles. The molecule has 0 aliphatic carbocycles. The minimum absolute atomic E-state index is 0.139. The largest absolute Gasteiger partial charge is 0.486 e. The van der Waals surface area contributed by atoms with Gasteiger partial charge in [0.05, 0.1) is 6.04 Å². The van der Waals surface area contributed by atoms with Crippen molar-refractivity contribution in [1.82, 2.24) is 15.2 Å². The van der Waals surface area contributed by atoms with Crippen molar-refractivity contribution in [2.75, 3.05) is 13.1 Å². The molecule has 3 aromatic rings. The number of aromatic nitrogens is 1. The molecule has 0 spiro atoms. The lowest BCUT2D eigenvalue weighted by atomic mass is 9.87. The van der Waals surface area contributed by atoms with Gasteiger partial charge >= 0.3 is 0 Å². The SMILES string of the molecule is C=CCNC(=O)c1csc(COc2ccc3c(c2)C(c2ccc(C)cc2)N(C(=O)CC)CC3)n1. The van der Waals surface area contributed by atoms with Crippen LogP contribution in [0.25, 0.3) is 0 Å². The average molecular weight is 476 g/mol. The molecule has 0 bridgehead atoms. The van der Waals surface area contributed by atoms with Gasteiger partial charge in [0.1, 0.15) is 23.1 Å². The van der Waals surface area contributed by atoms with Crippen molar-refractivity contribution < 1.29 is 14.3 Å². The number of hydrogen-bond acceptors (Lipinski definition) is 5. The monoisotopic (exact) mass is 475 g/mol. The van der Waals surface area contributed by atoms with Gasteiger partial charge in [0.25, 0.3) is 5.91 Å². The van der Waals surface area contributed by atoms with E-state index < -0.39 is 0 Å². The Morgan fingerprint density at radius 2 is 2.06 bits per heavy atom. The maximum atomic E-state index is 12.8. The summed E-state index contributed by atoms with van der Waals surface area (Å²) in [6.07, 6.45) is 2.92. The minimum Gasteiger partial charge on any atom is -0.486 e. The third-order valence-corrected chi connectivity index (χ3v) is 6.74. The minimum atomic E-state index is -0.224. The van der Waals surface area contributed by atoms with Crippen LogP contribution in [-0.4, -0.2) is 34.8 Å². The van der Waals surface area contributed by atoms with Crippen LogP contribution in [0.15, 0.2) is 60.5 Å². The molecule has 0 fully saturated rings. The molecule has 1 aromatic heterocycles. The zero-order valence-electron chi connectivity index (χ0n) is 19.5. The number of ether oxygens (including phenoxy) is 1. The van der Waals surface area contributed by atoms with Crippen LogP contribution < -0.4 is 10.1 Å². The Morgan fingerprint density at radius 3 is 2.79 bits per heavy atom. The summed E-state index contributed by atoms with van der Waals surface area (Å²) in [5.41, 5.74) is 4.99. The van der Waals surface area contributed by atoms with Gasteiger partial charge in [-0.3, -0.25) is 9.59 Å². The topological polar surface area (TPSA) is 71.5 Å². The highest BCUT2D eigenvalue weighted by Gasteiger charge is 2.31. The number of aryl methyl sites for hydroxylation is 1. The zero-order chi connectivity index (χ0) is 24.1. The fraction of sp³-hybridized carbons (Fsp3) is 0.296. The van der Waals surface area contributed by atoms with Crippen molar-refractivity contribution in [2.24, 2.45) is 0 Å². The first-order valence-corrected chi connectivity index (χ1v) is 12.3. The molecular weight excluding hydrogens is 446 g/mol. The molecule has 1 atom stereocenters.